The fourth-order valence-electron chi connectivity index (χ4n) is 1.59. The van der Waals surface area contributed by atoms with E-state index in [1.165, 1.54) is 23.5 Å². The monoisotopic (exact) mass is 319 g/mol. The van der Waals surface area contributed by atoms with Gasteiger partial charge in [0.1, 0.15) is 6.61 Å². The van der Waals surface area contributed by atoms with Crippen molar-refractivity contribution in [1.29, 1.82) is 0 Å². The van der Waals surface area contributed by atoms with Crippen molar-refractivity contribution < 1.29 is 14.5 Å². The normalized spacial score (nSPS) is 10.0. The molecule has 1 aromatic carbocycles. The number of benzene rings is 1. The number of ether oxygens (including phenoxy) is 1. The van der Waals surface area contributed by atoms with Gasteiger partial charge in [-0.15, -0.1) is 17.9 Å². The number of nitro groups is 1. The van der Waals surface area contributed by atoms with Crippen LogP contribution in [-0.4, -0.2) is 22.4 Å². The molecule has 1 aromatic heterocycles. The van der Waals surface area contributed by atoms with Crippen LogP contribution in [0.5, 0.6) is 0 Å². The van der Waals surface area contributed by atoms with E-state index in [0.29, 0.717) is 17.2 Å². The quantitative estimate of drug-likeness (QED) is 0.365. The number of thiazole rings is 1. The van der Waals surface area contributed by atoms with Gasteiger partial charge in [0.25, 0.3) is 5.69 Å². The average molecular weight is 319 g/mol. The lowest BCUT2D eigenvalue weighted by Crippen LogP contribution is -2.06. The van der Waals surface area contributed by atoms with E-state index in [4.69, 9.17) is 4.74 Å². The maximum absolute atomic E-state index is 11.9. The Labute approximate surface area is 130 Å². The summed E-state index contributed by atoms with van der Waals surface area (Å²) in [5, 5.41) is 15.8. The van der Waals surface area contributed by atoms with Crippen molar-refractivity contribution >= 4 is 28.1 Å². The zero-order valence-electron chi connectivity index (χ0n) is 11.5. The Morgan fingerprint density at radius 1 is 1.55 bits per heavy atom. The number of hydrogen-bond acceptors (Lipinski definition) is 7. The summed E-state index contributed by atoms with van der Waals surface area (Å²) in [5.74, 6) is -0.575. The second-order valence-corrected chi connectivity index (χ2v) is 5.07. The molecule has 0 radical (unpaired) electrons. The third-order valence-corrected chi connectivity index (χ3v) is 3.40. The molecule has 0 aliphatic rings. The fraction of sp³-hybridized carbons (Fsp3) is 0.143. The Hall–Kier alpha value is -2.74. The van der Waals surface area contributed by atoms with Gasteiger partial charge in [0.15, 0.2) is 10.8 Å². The van der Waals surface area contributed by atoms with Crippen molar-refractivity contribution in [2.24, 2.45) is 0 Å². The van der Waals surface area contributed by atoms with Crippen LogP contribution in [-0.2, 0) is 11.3 Å². The number of nitro benzene ring substituents is 1. The Kier molecular flexibility index (Phi) is 5.21. The summed E-state index contributed by atoms with van der Waals surface area (Å²) in [6.45, 7) is 4.08. The summed E-state index contributed by atoms with van der Waals surface area (Å²) in [4.78, 5) is 26.1. The second kappa shape index (κ2) is 7.32. The fourth-order valence-corrected chi connectivity index (χ4v) is 2.28. The molecule has 114 valence electrons. The van der Waals surface area contributed by atoms with Gasteiger partial charge in [0.05, 0.1) is 4.92 Å². The highest BCUT2D eigenvalue weighted by molar-refractivity contribution is 7.13. The molecule has 0 fully saturated rings. The molecule has 0 amide bonds. The minimum Gasteiger partial charge on any atom is -0.456 e. The minimum absolute atomic E-state index is 0.0434. The SMILES string of the molecule is C=CCNc1nc(C(=O)OCc2cccc([N+](=O)[O-])c2)cs1. The van der Waals surface area contributed by atoms with E-state index in [9.17, 15) is 14.9 Å². The van der Waals surface area contributed by atoms with Crippen molar-refractivity contribution in [2.75, 3.05) is 11.9 Å². The summed E-state index contributed by atoms with van der Waals surface area (Å²) in [6.07, 6.45) is 1.68. The summed E-state index contributed by atoms with van der Waals surface area (Å²) < 4.78 is 5.10. The molecule has 1 N–H and O–H groups in total. The van der Waals surface area contributed by atoms with Crippen molar-refractivity contribution in [3.05, 3.63) is 63.7 Å². The first-order chi connectivity index (χ1) is 10.6. The zero-order chi connectivity index (χ0) is 15.9. The van der Waals surface area contributed by atoms with E-state index < -0.39 is 10.9 Å². The Morgan fingerprint density at radius 3 is 3.09 bits per heavy atom. The van der Waals surface area contributed by atoms with Gasteiger partial charge in [0.2, 0.25) is 0 Å². The number of carbonyl (C=O) groups is 1. The number of rotatable bonds is 7. The molecule has 2 aromatic rings. The minimum atomic E-state index is -0.575. The number of esters is 1. The molecule has 8 heteroatoms. The molecule has 22 heavy (non-hydrogen) atoms. The van der Waals surface area contributed by atoms with Crippen LogP contribution in [0.25, 0.3) is 0 Å². The average Bonchev–Trinajstić information content (AvgIpc) is 3.00. The van der Waals surface area contributed by atoms with Gasteiger partial charge in [-0.2, -0.15) is 0 Å². The molecule has 1 heterocycles. The Morgan fingerprint density at radius 2 is 2.36 bits per heavy atom. The third-order valence-electron chi connectivity index (χ3n) is 2.60. The summed E-state index contributed by atoms with van der Waals surface area (Å²) in [6, 6.07) is 5.94. The van der Waals surface area contributed by atoms with E-state index in [0.717, 1.165) is 0 Å². The van der Waals surface area contributed by atoms with E-state index in [1.807, 2.05) is 0 Å². The standard InChI is InChI=1S/C14H13N3O4S/c1-2-6-15-14-16-12(9-22-14)13(18)21-8-10-4-3-5-11(7-10)17(19)20/h2-5,7,9H,1,6,8H2,(H,15,16). The smallest absolute Gasteiger partial charge is 0.358 e. The number of carbonyl (C=O) groups excluding carboxylic acids is 1. The van der Waals surface area contributed by atoms with E-state index >= 15 is 0 Å². The number of aromatic nitrogens is 1. The molecule has 7 nitrogen and oxygen atoms in total. The molecule has 0 unspecified atom stereocenters. The molecular formula is C14H13N3O4S. The van der Waals surface area contributed by atoms with Crippen LogP contribution < -0.4 is 5.32 Å². The predicted octanol–water partition coefficient (Wildman–Crippen LogP) is 3.01. The van der Waals surface area contributed by atoms with Crippen LogP contribution in [0.3, 0.4) is 0 Å². The maximum atomic E-state index is 11.9. The Bertz CT molecular complexity index is 699. The second-order valence-electron chi connectivity index (χ2n) is 4.21. The highest BCUT2D eigenvalue weighted by Crippen LogP contribution is 2.17. The largest absolute Gasteiger partial charge is 0.456 e. The van der Waals surface area contributed by atoms with Crippen LogP contribution in [0.1, 0.15) is 16.1 Å². The highest BCUT2D eigenvalue weighted by Gasteiger charge is 2.13. The molecule has 0 spiro atoms. The topological polar surface area (TPSA) is 94.4 Å². The van der Waals surface area contributed by atoms with Crippen LogP contribution >= 0.6 is 11.3 Å². The van der Waals surface area contributed by atoms with Gasteiger partial charge in [0, 0.05) is 24.1 Å². The van der Waals surface area contributed by atoms with E-state index in [2.05, 4.69) is 16.9 Å². The number of nitrogens with one attached hydrogen (secondary N) is 1. The molecule has 0 saturated carbocycles. The molecular weight excluding hydrogens is 306 g/mol. The molecule has 0 aliphatic heterocycles. The summed E-state index contributed by atoms with van der Waals surface area (Å²) in [5.41, 5.74) is 0.697. The summed E-state index contributed by atoms with van der Waals surface area (Å²) >= 11 is 1.29. The van der Waals surface area contributed by atoms with Gasteiger partial charge in [-0.1, -0.05) is 18.2 Å². The number of non-ortho nitro benzene ring substituents is 1. The van der Waals surface area contributed by atoms with Crippen molar-refractivity contribution in [3.8, 4) is 0 Å². The van der Waals surface area contributed by atoms with Crippen LogP contribution in [0, 0.1) is 10.1 Å². The third kappa shape index (κ3) is 4.13. The lowest BCUT2D eigenvalue weighted by atomic mass is 10.2. The number of nitrogens with zero attached hydrogens (tertiary/aromatic N) is 2. The van der Waals surface area contributed by atoms with Gasteiger partial charge in [-0.3, -0.25) is 10.1 Å². The van der Waals surface area contributed by atoms with Crippen molar-refractivity contribution in [1.82, 2.24) is 4.98 Å². The number of hydrogen-bond donors (Lipinski definition) is 1. The molecule has 0 bridgehead atoms. The maximum Gasteiger partial charge on any atom is 0.358 e. The van der Waals surface area contributed by atoms with Crippen LogP contribution in [0.4, 0.5) is 10.8 Å². The van der Waals surface area contributed by atoms with Crippen molar-refractivity contribution in [3.63, 3.8) is 0 Å². The highest BCUT2D eigenvalue weighted by atomic mass is 32.1. The van der Waals surface area contributed by atoms with Gasteiger partial charge in [-0.25, -0.2) is 9.78 Å². The first kappa shape index (κ1) is 15.6. The molecule has 0 aliphatic carbocycles. The first-order valence-corrected chi connectivity index (χ1v) is 7.19. The molecule has 2 rings (SSSR count). The summed E-state index contributed by atoms with van der Waals surface area (Å²) in [7, 11) is 0. The molecule has 0 saturated heterocycles. The Balaban J connectivity index is 1.94. The van der Waals surface area contributed by atoms with E-state index in [1.54, 1.807) is 23.6 Å². The lowest BCUT2D eigenvalue weighted by molar-refractivity contribution is -0.384. The van der Waals surface area contributed by atoms with Crippen LogP contribution in [0.2, 0.25) is 0 Å². The van der Waals surface area contributed by atoms with Crippen molar-refractivity contribution in [2.45, 2.75) is 6.61 Å². The van der Waals surface area contributed by atoms with Crippen LogP contribution in [0.15, 0.2) is 42.3 Å². The van der Waals surface area contributed by atoms with Gasteiger partial charge >= 0.3 is 5.97 Å². The van der Waals surface area contributed by atoms with Gasteiger partial charge in [-0.05, 0) is 5.56 Å². The van der Waals surface area contributed by atoms with Gasteiger partial charge < -0.3 is 10.1 Å². The van der Waals surface area contributed by atoms with E-state index in [-0.39, 0.29) is 18.0 Å². The predicted molar refractivity (Wildman–Crippen MR) is 83.0 cm³/mol. The zero-order valence-corrected chi connectivity index (χ0v) is 12.3. The lowest BCUT2D eigenvalue weighted by Gasteiger charge is -2.03. The first-order valence-electron chi connectivity index (χ1n) is 6.31. The molecule has 0 atom stereocenters. The number of anilines is 1.